The highest BCUT2D eigenvalue weighted by Crippen LogP contribution is 2.44. The molecule has 0 radical (unpaired) electrons. The van der Waals surface area contributed by atoms with E-state index in [1.165, 1.54) is 0 Å². The second kappa shape index (κ2) is 5.78. The summed E-state index contributed by atoms with van der Waals surface area (Å²) in [7, 11) is 3.16. The van der Waals surface area contributed by atoms with Crippen LogP contribution >= 0.6 is 11.6 Å². The van der Waals surface area contributed by atoms with Gasteiger partial charge >= 0.3 is 0 Å². The quantitative estimate of drug-likeness (QED) is 0.914. The van der Waals surface area contributed by atoms with Crippen LogP contribution in [0.3, 0.4) is 0 Å². The average molecular weight is 272 g/mol. The van der Waals surface area contributed by atoms with E-state index in [1.54, 1.807) is 14.2 Å². The minimum atomic E-state index is -0.0534. The molecule has 4 nitrogen and oxygen atoms in total. The number of ether oxygens (including phenoxy) is 3. The zero-order chi connectivity index (χ0) is 13.1. The summed E-state index contributed by atoms with van der Waals surface area (Å²) in [5.74, 6) is 1.47. The molecule has 18 heavy (non-hydrogen) atoms. The van der Waals surface area contributed by atoms with Crippen molar-refractivity contribution in [2.24, 2.45) is 11.7 Å². The van der Waals surface area contributed by atoms with Crippen LogP contribution in [0.15, 0.2) is 12.1 Å². The Hall–Kier alpha value is -0.970. The van der Waals surface area contributed by atoms with Crippen LogP contribution < -0.4 is 15.2 Å². The Morgan fingerprint density at radius 3 is 2.78 bits per heavy atom. The molecule has 2 N–H and O–H groups in total. The molecular formula is C13H18ClNO3. The molecule has 100 valence electrons. The largest absolute Gasteiger partial charge is 0.493 e. The lowest BCUT2D eigenvalue weighted by Crippen LogP contribution is -2.18. The smallest absolute Gasteiger partial charge is 0.179 e. The van der Waals surface area contributed by atoms with Crippen molar-refractivity contribution in [2.75, 3.05) is 27.4 Å². The van der Waals surface area contributed by atoms with Gasteiger partial charge in [-0.05, 0) is 19.0 Å². The Bertz CT molecular complexity index is 425. The van der Waals surface area contributed by atoms with Crippen molar-refractivity contribution < 1.29 is 14.2 Å². The summed E-state index contributed by atoms with van der Waals surface area (Å²) < 4.78 is 16.2. The molecule has 0 amide bonds. The first-order valence-corrected chi connectivity index (χ1v) is 6.32. The number of benzene rings is 1. The predicted molar refractivity (Wildman–Crippen MR) is 70.4 cm³/mol. The Morgan fingerprint density at radius 2 is 2.17 bits per heavy atom. The maximum atomic E-state index is 6.37. The summed E-state index contributed by atoms with van der Waals surface area (Å²) >= 11 is 6.37. The van der Waals surface area contributed by atoms with E-state index in [9.17, 15) is 0 Å². The minimum Gasteiger partial charge on any atom is -0.493 e. The molecule has 1 heterocycles. The van der Waals surface area contributed by atoms with Gasteiger partial charge in [0.1, 0.15) is 0 Å². The van der Waals surface area contributed by atoms with Crippen LogP contribution in [0.1, 0.15) is 18.1 Å². The van der Waals surface area contributed by atoms with Crippen LogP contribution in [0.5, 0.6) is 11.5 Å². The van der Waals surface area contributed by atoms with Crippen molar-refractivity contribution in [1.29, 1.82) is 0 Å². The molecule has 0 saturated carbocycles. The minimum absolute atomic E-state index is 0.0534. The first-order valence-electron chi connectivity index (χ1n) is 5.95. The zero-order valence-corrected chi connectivity index (χ0v) is 11.4. The summed E-state index contributed by atoms with van der Waals surface area (Å²) in [5, 5.41) is 0.544. The molecule has 1 aliphatic rings. The van der Waals surface area contributed by atoms with Crippen LogP contribution in [-0.2, 0) is 4.74 Å². The van der Waals surface area contributed by atoms with E-state index in [1.807, 2.05) is 12.1 Å². The van der Waals surface area contributed by atoms with Crippen LogP contribution in [0, 0.1) is 5.92 Å². The Morgan fingerprint density at radius 1 is 1.39 bits per heavy atom. The van der Waals surface area contributed by atoms with Crippen molar-refractivity contribution in [1.82, 2.24) is 0 Å². The van der Waals surface area contributed by atoms with Crippen LogP contribution in [0.25, 0.3) is 0 Å². The fourth-order valence-corrected chi connectivity index (χ4v) is 2.68. The molecule has 0 spiro atoms. The van der Waals surface area contributed by atoms with E-state index in [4.69, 9.17) is 31.5 Å². The van der Waals surface area contributed by atoms with Gasteiger partial charge in [-0.2, -0.15) is 0 Å². The lowest BCUT2D eigenvalue weighted by Gasteiger charge is -2.20. The number of hydrogen-bond donors (Lipinski definition) is 1. The van der Waals surface area contributed by atoms with Gasteiger partial charge in [-0.15, -0.1) is 0 Å². The van der Waals surface area contributed by atoms with Gasteiger partial charge in [-0.1, -0.05) is 17.7 Å². The average Bonchev–Trinajstić information content (AvgIpc) is 2.86. The van der Waals surface area contributed by atoms with Crippen molar-refractivity contribution >= 4 is 11.6 Å². The second-order valence-electron chi connectivity index (χ2n) is 4.28. The van der Waals surface area contributed by atoms with Gasteiger partial charge in [0, 0.05) is 18.1 Å². The third-order valence-corrected chi connectivity index (χ3v) is 3.73. The third-order valence-electron chi connectivity index (χ3n) is 3.34. The summed E-state index contributed by atoms with van der Waals surface area (Å²) in [6.45, 7) is 1.31. The Kier molecular flexibility index (Phi) is 4.32. The molecule has 0 aliphatic carbocycles. The standard InChI is InChI=1S/C13H18ClNO3/c1-16-10-4-3-9(11(14)13(10)17-2)12-8(7-15)5-6-18-12/h3-4,8,12H,5-7,15H2,1-2H3. The topological polar surface area (TPSA) is 53.7 Å². The highest BCUT2D eigenvalue weighted by atomic mass is 35.5. The maximum absolute atomic E-state index is 6.37. The molecule has 1 fully saturated rings. The van der Waals surface area contributed by atoms with Crippen molar-refractivity contribution in [3.05, 3.63) is 22.7 Å². The van der Waals surface area contributed by atoms with Crippen molar-refractivity contribution in [3.63, 3.8) is 0 Å². The number of rotatable bonds is 4. The van der Waals surface area contributed by atoms with E-state index in [0.29, 0.717) is 29.0 Å². The van der Waals surface area contributed by atoms with Gasteiger partial charge in [-0.3, -0.25) is 0 Å². The number of nitrogens with two attached hydrogens (primary N) is 1. The lowest BCUT2D eigenvalue weighted by atomic mass is 9.95. The third kappa shape index (κ3) is 2.28. The highest BCUT2D eigenvalue weighted by Gasteiger charge is 2.31. The van der Waals surface area contributed by atoms with Crippen molar-refractivity contribution in [2.45, 2.75) is 12.5 Å². The number of methoxy groups -OCH3 is 2. The first kappa shape index (κ1) is 13.5. The molecular weight excluding hydrogens is 254 g/mol. The summed E-state index contributed by atoms with van der Waals surface area (Å²) in [6.07, 6.45) is 0.911. The van der Waals surface area contributed by atoms with Gasteiger partial charge < -0.3 is 19.9 Å². The molecule has 1 aliphatic heterocycles. The summed E-state index contributed by atoms with van der Waals surface area (Å²) in [6, 6.07) is 3.76. The lowest BCUT2D eigenvalue weighted by molar-refractivity contribution is 0.0923. The van der Waals surface area contributed by atoms with E-state index >= 15 is 0 Å². The monoisotopic (exact) mass is 271 g/mol. The molecule has 5 heteroatoms. The summed E-state index contributed by atoms with van der Waals surface area (Å²) in [5.41, 5.74) is 6.68. The normalized spacial score (nSPS) is 23.1. The van der Waals surface area contributed by atoms with Crippen LogP contribution in [0.2, 0.25) is 5.02 Å². The zero-order valence-electron chi connectivity index (χ0n) is 10.6. The Balaban J connectivity index is 2.39. The summed E-state index contributed by atoms with van der Waals surface area (Å²) in [4.78, 5) is 0. The molecule has 2 rings (SSSR count). The first-order chi connectivity index (χ1) is 8.72. The van der Waals surface area contributed by atoms with Crippen LogP contribution in [-0.4, -0.2) is 27.4 Å². The van der Waals surface area contributed by atoms with Gasteiger partial charge in [-0.25, -0.2) is 0 Å². The van der Waals surface area contributed by atoms with E-state index in [2.05, 4.69) is 0 Å². The van der Waals surface area contributed by atoms with Gasteiger partial charge in [0.05, 0.1) is 25.3 Å². The van der Waals surface area contributed by atoms with Gasteiger partial charge in [0.15, 0.2) is 11.5 Å². The molecule has 0 aromatic heterocycles. The molecule has 1 aromatic rings. The van der Waals surface area contributed by atoms with Crippen LogP contribution in [0.4, 0.5) is 0 Å². The fourth-order valence-electron chi connectivity index (χ4n) is 2.34. The maximum Gasteiger partial charge on any atom is 0.179 e. The number of hydrogen-bond acceptors (Lipinski definition) is 4. The van der Waals surface area contributed by atoms with Gasteiger partial charge in [0.2, 0.25) is 0 Å². The molecule has 0 bridgehead atoms. The number of halogens is 1. The van der Waals surface area contributed by atoms with E-state index in [-0.39, 0.29) is 6.10 Å². The van der Waals surface area contributed by atoms with E-state index in [0.717, 1.165) is 18.6 Å². The SMILES string of the molecule is COc1ccc(C2OCCC2CN)c(Cl)c1OC. The van der Waals surface area contributed by atoms with Crippen molar-refractivity contribution in [3.8, 4) is 11.5 Å². The Labute approximate surface area is 112 Å². The molecule has 2 unspecified atom stereocenters. The van der Waals surface area contributed by atoms with Gasteiger partial charge in [0.25, 0.3) is 0 Å². The second-order valence-corrected chi connectivity index (χ2v) is 4.66. The molecule has 1 aromatic carbocycles. The predicted octanol–water partition coefficient (Wildman–Crippen LogP) is 2.39. The molecule has 2 atom stereocenters. The highest BCUT2D eigenvalue weighted by molar-refractivity contribution is 6.33. The van der Waals surface area contributed by atoms with E-state index < -0.39 is 0 Å². The molecule has 1 saturated heterocycles. The fraction of sp³-hybridized carbons (Fsp3) is 0.538.